The molecule has 30 heavy (non-hydrogen) atoms. The zero-order chi connectivity index (χ0) is 21.5. The molecule has 2 aromatic rings. The number of alkyl halides is 2. The Bertz CT molecular complexity index is 951. The second-order valence-electron chi connectivity index (χ2n) is 8.36. The lowest BCUT2D eigenvalue weighted by atomic mass is 9.79. The third-order valence-corrected chi connectivity index (χ3v) is 7.12. The first kappa shape index (κ1) is 21.4. The number of fused-ring (bicyclic) bond motifs is 1. The summed E-state index contributed by atoms with van der Waals surface area (Å²) in [6.07, 6.45) is -0.215. The highest BCUT2D eigenvalue weighted by Crippen LogP contribution is 2.44. The number of carbonyl (C=O) groups is 1. The van der Waals surface area contributed by atoms with E-state index in [9.17, 15) is 13.6 Å². The maximum Gasteiger partial charge on any atom is 0.248 e. The molecule has 1 aliphatic carbocycles. The van der Waals surface area contributed by atoms with Gasteiger partial charge in [0.2, 0.25) is 11.8 Å². The van der Waals surface area contributed by atoms with Crippen LogP contribution in [0.5, 0.6) is 0 Å². The summed E-state index contributed by atoms with van der Waals surface area (Å²) in [7, 11) is 0. The number of amides is 1. The van der Waals surface area contributed by atoms with Crippen molar-refractivity contribution in [2.75, 3.05) is 22.5 Å². The van der Waals surface area contributed by atoms with Crippen LogP contribution in [0.25, 0.3) is 0 Å². The van der Waals surface area contributed by atoms with E-state index in [1.165, 1.54) is 10.5 Å². The van der Waals surface area contributed by atoms with Crippen LogP contribution in [0.15, 0.2) is 35.2 Å². The van der Waals surface area contributed by atoms with E-state index >= 15 is 0 Å². The van der Waals surface area contributed by atoms with Crippen molar-refractivity contribution in [3.05, 3.63) is 52.0 Å². The van der Waals surface area contributed by atoms with Gasteiger partial charge in [-0.05, 0) is 60.7 Å². The number of thioether (sulfide) groups is 1. The van der Waals surface area contributed by atoms with E-state index in [1.807, 2.05) is 37.7 Å². The molecule has 4 rings (SSSR count). The predicted molar refractivity (Wildman–Crippen MR) is 120 cm³/mol. The highest BCUT2D eigenvalue weighted by Gasteiger charge is 2.45. The standard InChI is InChI=1S/C23H25ClF2N2OS/c1-14-7-19(28-5-6-30-20-10-18(24)4-3-17(20)13-28)8-15(2)22(14)27-21(29)9-16-11-23(25,26)12-16/h3-4,7-8,10,16H,5-6,9,11-13H2,1-2H3,(H,27,29). The minimum absolute atomic E-state index is 0.152. The van der Waals surface area contributed by atoms with E-state index in [4.69, 9.17) is 11.6 Å². The van der Waals surface area contributed by atoms with Crippen LogP contribution in [0, 0.1) is 19.8 Å². The molecule has 0 unspecified atom stereocenters. The third-order valence-electron chi connectivity index (χ3n) is 5.80. The fourth-order valence-corrected chi connectivity index (χ4v) is 5.56. The van der Waals surface area contributed by atoms with E-state index in [0.717, 1.165) is 46.4 Å². The van der Waals surface area contributed by atoms with Crippen LogP contribution in [0.4, 0.5) is 20.2 Å². The molecule has 0 atom stereocenters. The number of anilines is 2. The van der Waals surface area contributed by atoms with Crippen LogP contribution < -0.4 is 10.2 Å². The zero-order valence-corrected chi connectivity index (χ0v) is 18.7. The van der Waals surface area contributed by atoms with E-state index < -0.39 is 5.92 Å². The quantitative estimate of drug-likeness (QED) is 0.581. The maximum absolute atomic E-state index is 13.0. The molecule has 0 aromatic heterocycles. The van der Waals surface area contributed by atoms with Gasteiger partial charge in [0.15, 0.2) is 0 Å². The van der Waals surface area contributed by atoms with Crippen LogP contribution in [0.1, 0.15) is 36.0 Å². The summed E-state index contributed by atoms with van der Waals surface area (Å²) >= 11 is 7.96. The number of nitrogens with one attached hydrogen (secondary N) is 1. The van der Waals surface area contributed by atoms with Crippen molar-refractivity contribution >= 4 is 40.6 Å². The molecule has 0 radical (unpaired) electrons. The fourth-order valence-electron chi connectivity index (χ4n) is 4.27. The Hall–Kier alpha value is -1.79. The minimum Gasteiger partial charge on any atom is -0.366 e. The monoisotopic (exact) mass is 450 g/mol. The predicted octanol–water partition coefficient (Wildman–Crippen LogP) is 6.44. The number of hydrogen-bond acceptors (Lipinski definition) is 3. The van der Waals surface area contributed by atoms with Crippen molar-refractivity contribution < 1.29 is 13.6 Å². The number of hydrogen-bond donors (Lipinski definition) is 1. The van der Waals surface area contributed by atoms with Crippen LogP contribution in [-0.4, -0.2) is 24.1 Å². The normalized spacial score (nSPS) is 18.4. The smallest absolute Gasteiger partial charge is 0.248 e. The molecule has 1 N–H and O–H groups in total. The average molecular weight is 451 g/mol. The van der Waals surface area contributed by atoms with Gasteiger partial charge in [-0.1, -0.05) is 17.7 Å². The van der Waals surface area contributed by atoms with Gasteiger partial charge in [-0.15, -0.1) is 11.8 Å². The lowest BCUT2D eigenvalue weighted by Gasteiger charge is -2.34. The van der Waals surface area contributed by atoms with Gasteiger partial charge >= 0.3 is 0 Å². The lowest BCUT2D eigenvalue weighted by Crippen LogP contribution is -2.37. The summed E-state index contributed by atoms with van der Waals surface area (Å²) < 4.78 is 26.0. The summed E-state index contributed by atoms with van der Waals surface area (Å²) in [4.78, 5) is 15.9. The molecular weight excluding hydrogens is 426 g/mol. The Morgan fingerprint density at radius 3 is 2.60 bits per heavy atom. The first-order chi connectivity index (χ1) is 14.2. The summed E-state index contributed by atoms with van der Waals surface area (Å²) in [6.45, 7) is 5.67. The Balaban J connectivity index is 1.47. The number of aryl methyl sites for hydroxylation is 2. The lowest BCUT2D eigenvalue weighted by molar-refractivity contribution is -0.129. The van der Waals surface area contributed by atoms with Gasteiger partial charge in [0.1, 0.15) is 0 Å². The van der Waals surface area contributed by atoms with Crippen LogP contribution in [0.2, 0.25) is 5.02 Å². The number of benzene rings is 2. The van der Waals surface area contributed by atoms with E-state index in [1.54, 1.807) is 0 Å². The van der Waals surface area contributed by atoms with Gasteiger partial charge < -0.3 is 10.2 Å². The van der Waals surface area contributed by atoms with Crippen molar-refractivity contribution in [2.45, 2.75) is 50.5 Å². The van der Waals surface area contributed by atoms with Crippen molar-refractivity contribution in [3.8, 4) is 0 Å². The maximum atomic E-state index is 13.0. The number of halogens is 3. The van der Waals surface area contributed by atoms with Gasteiger partial charge in [-0.25, -0.2) is 8.78 Å². The van der Waals surface area contributed by atoms with Crippen LogP contribution in [0.3, 0.4) is 0 Å². The topological polar surface area (TPSA) is 32.3 Å². The van der Waals surface area contributed by atoms with Crippen LogP contribution >= 0.6 is 23.4 Å². The van der Waals surface area contributed by atoms with E-state index in [0.29, 0.717) is 0 Å². The Kier molecular flexibility index (Phi) is 5.99. The van der Waals surface area contributed by atoms with Crippen molar-refractivity contribution in [2.24, 2.45) is 5.92 Å². The molecule has 0 saturated heterocycles. The molecule has 2 aromatic carbocycles. The first-order valence-corrected chi connectivity index (χ1v) is 11.5. The van der Waals surface area contributed by atoms with Crippen LogP contribution in [-0.2, 0) is 11.3 Å². The second kappa shape index (κ2) is 8.39. The van der Waals surface area contributed by atoms with Gasteiger partial charge in [-0.2, -0.15) is 0 Å². The number of rotatable bonds is 4. The Morgan fingerprint density at radius 2 is 1.93 bits per heavy atom. The molecule has 0 bridgehead atoms. The SMILES string of the molecule is Cc1cc(N2CCSc3cc(Cl)ccc3C2)cc(C)c1NC(=O)CC1CC(F)(F)C1. The summed E-state index contributed by atoms with van der Waals surface area (Å²) in [5.74, 6) is -2.03. The third kappa shape index (κ3) is 4.75. The highest BCUT2D eigenvalue weighted by molar-refractivity contribution is 7.99. The molecule has 1 amide bonds. The van der Waals surface area contributed by atoms with Gasteiger partial charge in [0, 0.05) is 59.4 Å². The molecule has 0 spiro atoms. The van der Waals surface area contributed by atoms with Gasteiger partial charge in [0.25, 0.3) is 0 Å². The summed E-state index contributed by atoms with van der Waals surface area (Å²) in [6, 6.07) is 10.2. The summed E-state index contributed by atoms with van der Waals surface area (Å²) in [5, 5.41) is 3.70. The fraction of sp³-hybridized carbons (Fsp3) is 0.435. The average Bonchev–Trinajstić information content (AvgIpc) is 2.85. The Morgan fingerprint density at radius 1 is 1.23 bits per heavy atom. The molecule has 3 nitrogen and oxygen atoms in total. The largest absolute Gasteiger partial charge is 0.366 e. The molecule has 7 heteroatoms. The van der Waals surface area contributed by atoms with Gasteiger partial charge in [-0.3, -0.25) is 4.79 Å². The molecule has 1 fully saturated rings. The van der Waals surface area contributed by atoms with Crippen molar-refractivity contribution in [3.63, 3.8) is 0 Å². The second-order valence-corrected chi connectivity index (χ2v) is 9.93. The van der Waals surface area contributed by atoms with Gasteiger partial charge in [0.05, 0.1) is 0 Å². The highest BCUT2D eigenvalue weighted by atomic mass is 35.5. The first-order valence-electron chi connectivity index (χ1n) is 10.2. The molecule has 1 heterocycles. The zero-order valence-electron chi connectivity index (χ0n) is 17.1. The molecule has 1 aliphatic heterocycles. The van der Waals surface area contributed by atoms with E-state index in [2.05, 4.69) is 28.4 Å². The number of carbonyl (C=O) groups excluding carboxylic acids is 1. The van der Waals surface area contributed by atoms with Crippen molar-refractivity contribution in [1.29, 1.82) is 0 Å². The molecule has 1 saturated carbocycles. The molecule has 160 valence electrons. The number of nitrogens with zero attached hydrogens (tertiary/aromatic N) is 1. The summed E-state index contributed by atoms with van der Waals surface area (Å²) in [5.41, 5.74) is 5.11. The molecular formula is C23H25ClF2N2OS. The van der Waals surface area contributed by atoms with E-state index in [-0.39, 0.29) is 31.1 Å². The minimum atomic E-state index is -2.59. The Labute approximate surface area is 185 Å². The van der Waals surface area contributed by atoms with Crippen molar-refractivity contribution in [1.82, 2.24) is 0 Å². The molecule has 2 aliphatic rings.